The minimum atomic E-state index is -0.0472. The van der Waals surface area contributed by atoms with Gasteiger partial charge in [0.05, 0.1) is 5.92 Å². The van der Waals surface area contributed by atoms with Crippen molar-refractivity contribution in [2.45, 2.75) is 13.3 Å². The second kappa shape index (κ2) is 5.28. The Balaban J connectivity index is 1.61. The number of H-pyrrole nitrogens is 1. The predicted octanol–water partition coefficient (Wildman–Crippen LogP) is 0.973. The van der Waals surface area contributed by atoms with Gasteiger partial charge in [0.25, 0.3) is 0 Å². The number of hydrogen-bond acceptors (Lipinski definition) is 5. The monoisotopic (exact) mass is 272 g/mol. The average molecular weight is 272 g/mol. The molecule has 20 heavy (non-hydrogen) atoms. The fraction of sp³-hybridized carbons (Fsp3) is 0.385. The van der Waals surface area contributed by atoms with Gasteiger partial charge < -0.3 is 10.2 Å². The molecule has 0 bridgehead atoms. The van der Waals surface area contributed by atoms with Gasteiger partial charge >= 0.3 is 0 Å². The third-order valence-electron chi connectivity index (χ3n) is 3.40. The molecule has 1 atom stereocenters. The fourth-order valence-corrected chi connectivity index (χ4v) is 2.35. The molecule has 1 amide bonds. The Labute approximate surface area is 116 Å². The lowest BCUT2D eigenvalue weighted by Gasteiger charge is -2.16. The summed E-state index contributed by atoms with van der Waals surface area (Å²) in [5.74, 6) is 1.35. The summed E-state index contributed by atoms with van der Waals surface area (Å²) in [6, 6.07) is 5.57. The molecule has 1 fully saturated rings. The van der Waals surface area contributed by atoms with Crippen LogP contribution in [0.3, 0.4) is 0 Å². The van der Waals surface area contributed by atoms with Gasteiger partial charge in [-0.3, -0.25) is 9.89 Å². The van der Waals surface area contributed by atoms with E-state index in [0.717, 1.165) is 24.5 Å². The number of aromatic amines is 1. The first-order chi connectivity index (χ1) is 9.72. The van der Waals surface area contributed by atoms with E-state index in [1.54, 1.807) is 6.20 Å². The van der Waals surface area contributed by atoms with Gasteiger partial charge in [0.15, 0.2) is 11.6 Å². The van der Waals surface area contributed by atoms with Gasteiger partial charge in [0, 0.05) is 31.0 Å². The average Bonchev–Trinajstić information content (AvgIpc) is 3.09. The van der Waals surface area contributed by atoms with Crippen LogP contribution in [-0.2, 0) is 4.79 Å². The van der Waals surface area contributed by atoms with E-state index in [0.29, 0.717) is 12.4 Å². The number of carbonyl (C=O) groups is 1. The first kappa shape index (κ1) is 12.6. The summed E-state index contributed by atoms with van der Waals surface area (Å²) in [6.45, 7) is 3.37. The zero-order valence-electron chi connectivity index (χ0n) is 11.2. The molecule has 1 aliphatic heterocycles. The molecule has 2 N–H and O–H groups in total. The minimum absolute atomic E-state index is 0.00268. The maximum atomic E-state index is 12.2. The Bertz CT molecular complexity index is 596. The van der Waals surface area contributed by atoms with Crippen LogP contribution in [0.15, 0.2) is 24.4 Å². The number of anilines is 2. The molecular formula is C13H16N6O. The topological polar surface area (TPSA) is 86.8 Å². The van der Waals surface area contributed by atoms with Crippen molar-refractivity contribution in [3.8, 4) is 0 Å². The summed E-state index contributed by atoms with van der Waals surface area (Å²) < 4.78 is 0. The summed E-state index contributed by atoms with van der Waals surface area (Å²) in [5, 5.41) is 17.6. The number of carbonyl (C=O) groups excluding carboxylic acids is 1. The smallest absolute Gasteiger partial charge is 0.230 e. The SMILES string of the molecule is Cc1cc(NC(=O)[C@@H]2CCN(c3cccnn3)C2)n[nH]1. The molecule has 0 unspecified atom stereocenters. The first-order valence-electron chi connectivity index (χ1n) is 6.58. The molecule has 1 saturated heterocycles. The number of nitrogens with zero attached hydrogens (tertiary/aromatic N) is 4. The van der Waals surface area contributed by atoms with Gasteiger partial charge in [0.1, 0.15) is 0 Å². The van der Waals surface area contributed by atoms with Crippen LogP contribution in [0.2, 0.25) is 0 Å². The van der Waals surface area contributed by atoms with E-state index in [-0.39, 0.29) is 11.8 Å². The van der Waals surface area contributed by atoms with Crippen LogP contribution in [0.25, 0.3) is 0 Å². The Kier molecular flexibility index (Phi) is 3.32. The zero-order chi connectivity index (χ0) is 13.9. The van der Waals surface area contributed by atoms with Crippen LogP contribution < -0.4 is 10.2 Å². The molecule has 2 aromatic rings. The standard InChI is InChI=1S/C13H16N6O/c1-9-7-11(17-16-9)15-13(20)10-4-6-19(8-10)12-3-2-5-14-18-12/h2-3,5,7,10H,4,6,8H2,1H3,(H2,15,16,17,20)/t10-/m1/s1. The van der Waals surface area contributed by atoms with Crippen LogP contribution >= 0.6 is 0 Å². The second-order valence-electron chi connectivity index (χ2n) is 4.94. The van der Waals surface area contributed by atoms with Crippen LogP contribution in [0.1, 0.15) is 12.1 Å². The summed E-state index contributed by atoms with van der Waals surface area (Å²) >= 11 is 0. The van der Waals surface area contributed by atoms with E-state index in [4.69, 9.17) is 0 Å². The molecule has 7 heteroatoms. The van der Waals surface area contributed by atoms with Crippen molar-refractivity contribution in [2.24, 2.45) is 5.92 Å². The van der Waals surface area contributed by atoms with E-state index in [1.807, 2.05) is 25.1 Å². The van der Waals surface area contributed by atoms with E-state index in [1.165, 1.54) is 0 Å². The van der Waals surface area contributed by atoms with Gasteiger partial charge in [-0.2, -0.15) is 10.2 Å². The summed E-state index contributed by atoms with van der Waals surface area (Å²) in [4.78, 5) is 14.2. The second-order valence-corrected chi connectivity index (χ2v) is 4.94. The molecule has 3 heterocycles. The maximum Gasteiger partial charge on any atom is 0.230 e. The molecule has 1 aliphatic rings. The van der Waals surface area contributed by atoms with Crippen molar-refractivity contribution in [1.29, 1.82) is 0 Å². The number of rotatable bonds is 3. The lowest BCUT2D eigenvalue weighted by Crippen LogP contribution is -2.27. The molecule has 0 saturated carbocycles. The van der Waals surface area contributed by atoms with Crippen molar-refractivity contribution < 1.29 is 4.79 Å². The summed E-state index contributed by atoms with van der Waals surface area (Å²) in [7, 11) is 0. The predicted molar refractivity (Wildman–Crippen MR) is 74.3 cm³/mol. The molecule has 0 aliphatic carbocycles. The fourth-order valence-electron chi connectivity index (χ4n) is 2.35. The zero-order valence-corrected chi connectivity index (χ0v) is 11.2. The number of hydrogen-bond donors (Lipinski definition) is 2. The first-order valence-corrected chi connectivity index (χ1v) is 6.58. The van der Waals surface area contributed by atoms with Crippen molar-refractivity contribution >= 4 is 17.5 Å². The van der Waals surface area contributed by atoms with Crippen LogP contribution in [0, 0.1) is 12.8 Å². The Morgan fingerprint density at radius 3 is 3.15 bits per heavy atom. The lowest BCUT2D eigenvalue weighted by molar-refractivity contribution is -0.119. The van der Waals surface area contributed by atoms with Crippen molar-refractivity contribution in [2.75, 3.05) is 23.3 Å². The van der Waals surface area contributed by atoms with E-state index >= 15 is 0 Å². The number of amides is 1. The minimum Gasteiger partial charge on any atom is -0.354 e. The highest BCUT2D eigenvalue weighted by atomic mass is 16.2. The molecule has 3 rings (SSSR count). The third kappa shape index (κ3) is 2.61. The van der Waals surface area contributed by atoms with Crippen LogP contribution in [0.5, 0.6) is 0 Å². The van der Waals surface area contributed by atoms with E-state index < -0.39 is 0 Å². The van der Waals surface area contributed by atoms with Gasteiger partial charge in [0.2, 0.25) is 5.91 Å². The third-order valence-corrected chi connectivity index (χ3v) is 3.40. The Hall–Kier alpha value is -2.44. The van der Waals surface area contributed by atoms with Crippen molar-refractivity contribution in [1.82, 2.24) is 20.4 Å². The van der Waals surface area contributed by atoms with Gasteiger partial charge in [-0.25, -0.2) is 0 Å². The number of aryl methyl sites for hydroxylation is 1. The van der Waals surface area contributed by atoms with E-state index in [2.05, 4.69) is 30.6 Å². The largest absolute Gasteiger partial charge is 0.354 e. The molecular weight excluding hydrogens is 256 g/mol. The van der Waals surface area contributed by atoms with Crippen LogP contribution in [-0.4, -0.2) is 39.4 Å². The lowest BCUT2D eigenvalue weighted by atomic mass is 10.1. The summed E-state index contributed by atoms with van der Waals surface area (Å²) in [6.07, 6.45) is 2.45. The Morgan fingerprint density at radius 1 is 1.55 bits per heavy atom. The van der Waals surface area contributed by atoms with E-state index in [9.17, 15) is 4.79 Å². The quantitative estimate of drug-likeness (QED) is 0.869. The number of nitrogens with one attached hydrogen (secondary N) is 2. The molecule has 0 radical (unpaired) electrons. The van der Waals surface area contributed by atoms with Gasteiger partial charge in [-0.15, -0.1) is 5.10 Å². The van der Waals surface area contributed by atoms with Crippen LogP contribution in [0.4, 0.5) is 11.6 Å². The van der Waals surface area contributed by atoms with Crippen molar-refractivity contribution in [3.05, 3.63) is 30.1 Å². The molecule has 7 nitrogen and oxygen atoms in total. The normalized spacial score (nSPS) is 18.2. The maximum absolute atomic E-state index is 12.2. The molecule has 104 valence electrons. The molecule has 2 aromatic heterocycles. The van der Waals surface area contributed by atoms with Gasteiger partial charge in [-0.1, -0.05) is 0 Å². The highest BCUT2D eigenvalue weighted by Gasteiger charge is 2.29. The number of aromatic nitrogens is 4. The highest BCUT2D eigenvalue weighted by Crippen LogP contribution is 2.22. The highest BCUT2D eigenvalue weighted by molar-refractivity contribution is 5.92. The van der Waals surface area contributed by atoms with Crippen molar-refractivity contribution in [3.63, 3.8) is 0 Å². The molecule has 0 aromatic carbocycles. The Morgan fingerprint density at radius 2 is 2.45 bits per heavy atom. The van der Waals surface area contributed by atoms with Gasteiger partial charge in [-0.05, 0) is 25.5 Å². The summed E-state index contributed by atoms with van der Waals surface area (Å²) in [5.41, 5.74) is 0.924. The molecule has 0 spiro atoms.